The Bertz CT molecular complexity index is 1030. The fourth-order valence-electron chi connectivity index (χ4n) is 3.98. The maximum atomic E-state index is 14.5. The summed E-state index contributed by atoms with van der Waals surface area (Å²) in [6.07, 6.45) is 8.18. The maximum absolute atomic E-state index is 14.5. The van der Waals surface area contributed by atoms with Crippen molar-refractivity contribution in [3.63, 3.8) is 0 Å². The van der Waals surface area contributed by atoms with Crippen LogP contribution < -0.4 is 4.90 Å². The predicted molar refractivity (Wildman–Crippen MR) is 135 cm³/mol. The first-order valence-corrected chi connectivity index (χ1v) is 11.4. The molecule has 3 heterocycles. The summed E-state index contributed by atoms with van der Waals surface area (Å²) in [4.78, 5) is 18.4. The second-order valence-corrected chi connectivity index (χ2v) is 7.75. The van der Waals surface area contributed by atoms with E-state index < -0.39 is 0 Å². The lowest BCUT2D eigenvalue weighted by molar-refractivity contribution is 0.101. The molecule has 0 amide bonds. The van der Waals surface area contributed by atoms with Gasteiger partial charge in [0.1, 0.15) is 5.82 Å². The average molecular weight is 438 g/mol. The van der Waals surface area contributed by atoms with Crippen molar-refractivity contribution >= 4 is 23.3 Å². The van der Waals surface area contributed by atoms with Crippen molar-refractivity contribution in [1.29, 1.82) is 0 Å². The smallest absolute Gasteiger partial charge is 0.162 e. The fourth-order valence-corrected chi connectivity index (χ4v) is 3.98. The van der Waals surface area contributed by atoms with Crippen molar-refractivity contribution < 1.29 is 9.18 Å². The van der Waals surface area contributed by atoms with Crippen LogP contribution in [0.25, 0.3) is 11.8 Å². The standard InChI is InChI=1S/C19H21FN2O.C6H9N.C2H6/c1-5-16-12(2)22(13(3)19(16)14(4)23)18-11-15(7-8-17(18)20)21-9-6-10-21;1-6-4-2-3-5-7-6;1-2/h5,7-8,11H,1,6,9-10H2,2-4H3;2,4H,3,5H2,1H3;1-2H3. The Morgan fingerprint density at radius 3 is 2.25 bits per heavy atom. The molecular formula is C27H36FN3O. The van der Waals surface area contributed by atoms with E-state index in [1.165, 1.54) is 19.4 Å². The van der Waals surface area contributed by atoms with Gasteiger partial charge in [-0.1, -0.05) is 32.6 Å². The molecule has 0 atom stereocenters. The SMILES string of the molecule is C=Cc1c(C(C)=O)c(C)n(-c2cc(N3CCC3)ccc2F)c1C.CC.CC1=NCCC=C1. The predicted octanol–water partition coefficient (Wildman–Crippen LogP) is 6.72. The molecule has 0 saturated carbocycles. The van der Waals surface area contributed by atoms with Crippen molar-refractivity contribution in [3.8, 4) is 5.69 Å². The molecular weight excluding hydrogens is 401 g/mol. The normalized spacial score (nSPS) is 14.3. The molecule has 4 rings (SSSR count). The third kappa shape index (κ3) is 5.45. The molecule has 0 aliphatic carbocycles. The molecule has 1 saturated heterocycles. The van der Waals surface area contributed by atoms with Crippen LogP contribution in [0.2, 0.25) is 0 Å². The molecule has 2 aromatic rings. The molecule has 0 radical (unpaired) electrons. The second-order valence-electron chi connectivity index (χ2n) is 7.75. The van der Waals surface area contributed by atoms with E-state index in [1.807, 2.05) is 51.3 Å². The topological polar surface area (TPSA) is 37.6 Å². The summed E-state index contributed by atoms with van der Waals surface area (Å²) in [6, 6.07) is 5.18. The molecule has 2 aliphatic heterocycles. The Balaban J connectivity index is 0.000000340. The zero-order valence-corrected chi connectivity index (χ0v) is 20.3. The van der Waals surface area contributed by atoms with Gasteiger partial charge in [-0.3, -0.25) is 9.79 Å². The highest BCUT2D eigenvalue weighted by molar-refractivity contribution is 5.99. The molecule has 32 heavy (non-hydrogen) atoms. The highest BCUT2D eigenvalue weighted by atomic mass is 19.1. The van der Waals surface area contributed by atoms with E-state index in [0.29, 0.717) is 11.3 Å². The summed E-state index contributed by atoms with van der Waals surface area (Å²) < 4.78 is 16.3. The van der Waals surface area contributed by atoms with Crippen molar-refractivity contribution in [2.45, 2.75) is 54.4 Å². The number of dihydropyridines is 1. The van der Waals surface area contributed by atoms with E-state index >= 15 is 0 Å². The monoisotopic (exact) mass is 437 g/mol. The van der Waals surface area contributed by atoms with Crippen LogP contribution in [0.1, 0.15) is 67.8 Å². The number of carbonyl (C=O) groups is 1. The van der Waals surface area contributed by atoms with Gasteiger partial charge in [-0.15, -0.1) is 0 Å². The van der Waals surface area contributed by atoms with Crippen molar-refractivity contribution in [2.75, 3.05) is 24.5 Å². The number of rotatable bonds is 4. The highest BCUT2D eigenvalue weighted by Gasteiger charge is 2.22. The van der Waals surface area contributed by atoms with Gasteiger partial charge in [-0.25, -0.2) is 4.39 Å². The summed E-state index contributed by atoms with van der Waals surface area (Å²) in [5.41, 5.74) is 5.65. The van der Waals surface area contributed by atoms with Gasteiger partial charge < -0.3 is 9.47 Å². The molecule has 1 fully saturated rings. The van der Waals surface area contributed by atoms with E-state index in [9.17, 15) is 9.18 Å². The molecule has 172 valence electrons. The van der Waals surface area contributed by atoms with E-state index in [-0.39, 0.29) is 11.6 Å². The Hall–Kier alpha value is -2.95. The minimum absolute atomic E-state index is 0.0291. The number of hydrogen-bond acceptors (Lipinski definition) is 3. The Morgan fingerprint density at radius 2 is 1.84 bits per heavy atom. The second kappa shape index (κ2) is 11.6. The number of anilines is 1. The molecule has 0 spiro atoms. The number of Topliss-reactive ketones (excluding diaryl/α,β-unsaturated/α-hetero) is 1. The Kier molecular flexibility index (Phi) is 9.18. The quantitative estimate of drug-likeness (QED) is 0.498. The molecule has 0 unspecified atom stereocenters. The molecule has 2 aliphatic rings. The Labute approximate surface area is 192 Å². The van der Waals surface area contributed by atoms with Crippen LogP contribution in [0, 0.1) is 19.7 Å². The number of aromatic nitrogens is 1. The first-order valence-electron chi connectivity index (χ1n) is 11.4. The van der Waals surface area contributed by atoms with Gasteiger partial charge in [0.25, 0.3) is 0 Å². The van der Waals surface area contributed by atoms with Crippen LogP contribution in [0.5, 0.6) is 0 Å². The number of allylic oxidation sites excluding steroid dienone is 1. The zero-order valence-electron chi connectivity index (χ0n) is 20.3. The van der Waals surface area contributed by atoms with Crippen LogP contribution in [-0.2, 0) is 0 Å². The van der Waals surface area contributed by atoms with Gasteiger partial charge in [0.2, 0.25) is 0 Å². The molecule has 5 heteroatoms. The molecule has 1 aromatic carbocycles. The number of nitrogens with zero attached hydrogens (tertiary/aromatic N) is 3. The van der Waals surface area contributed by atoms with E-state index in [1.54, 1.807) is 6.08 Å². The minimum Gasteiger partial charge on any atom is -0.371 e. The third-order valence-electron chi connectivity index (χ3n) is 5.66. The number of hydrogen-bond donors (Lipinski definition) is 0. The van der Waals surface area contributed by atoms with Gasteiger partial charge in [0, 0.05) is 53.5 Å². The van der Waals surface area contributed by atoms with Gasteiger partial charge in [0.15, 0.2) is 5.78 Å². The minimum atomic E-state index is -0.291. The van der Waals surface area contributed by atoms with Crippen molar-refractivity contribution in [3.05, 3.63) is 65.3 Å². The van der Waals surface area contributed by atoms with Crippen LogP contribution in [0.15, 0.2) is 41.9 Å². The van der Waals surface area contributed by atoms with E-state index in [0.717, 1.165) is 54.4 Å². The summed E-state index contributed by atoms with van der Waals surface area (Å²) in [5, 5.41) is 0. The number of ketones is 1. The summed E-state index contributed by atoms with van der Waals surface area (Å²) >= 11 is 0. The summed E-state index contributed by atoms with van der Waals surface area (Å²) in [6.45, 7) is 18.1. The van der Waals surface area contributed by atoms with Gasteiger partial charge >= 0.3 is 0 Å². The van der Waals surface area contributed by atoms with Crippen LogP contribution >= 0.6 is 0 Å². The van der Waals surface area contributed by atoms with E-state index in [2.05, 4.69) is 28.6 Å². The highest BCUT2D eigenvalue weighted by Crippen LogP contribution is 2.31. The number of carbonyl (C=O) groups excluding carboxylic acids is 1. The molecule has 4 nitrogen and oxygen atoms in total. The zero-order chi connectivity index (χ0) is 23.8. The van der Waals surface area contributed by atoms with Crippen molar-refractivity contribution in [1.82, 2.24) is 4.57 Å². The Morgan fingerprint density at radius 1 is 1.16 bits per heavy atom. The number of aliphatic imine (C=N–C) groups is 1. The first kappa shape index (κ1) is 25.3. The lowest BCUT2D eigenvalue weighted by Crippen LogP contribution is -2.37. The van der Waals surface area contributed by atoms with E-state index in [4.69, 9.17) is 0 Å². The molecule has 1 aromatic heterocycles. The fraction of sp³-hybridized carbons (Fsp3) is 0.407. The number of benzene rings is 1. The number of halogens is 1. The van der Waals surface area contributed by atoms with Crippen LogP contribution in [0.3, 0.4) is 0 Å². The largest absolute Gasteiger partial charge is 0.371 e. The summed E-state index contributed by atoms with van der Waals surface area (Å²) in [5.74, 6) is -0.320. The molecule has 0 N–H and O–H groups in total. The maximum Gasteiger partial charge on any atom is 0.162 e. The summed E-state index contributed by atoms with van der Waals surface area (Å²) in [7, 11) is 0. The van der Waals surface area contributed by atoms with Gasteiger partial charge in [0.05, 0.1) is 5.69 Å². The first-order chi connectivity index (χ1) is 15.3. The average Bonchev–Trinajstić information content (AvgIpc) is 3.00. The van der Waals surface area contributed by atoms with Crippen molar-refractivity contribution in [2.24, 2.45) is 4.99 Å². The van der Waals surface area contributed by atoms with Gasteiger partial charge in [-0.05, 0) is 64.8 Å². The van der Waals surface area contributed by atoms with Crippen LogP contribution in [-0.4, -0.2) is 35.7 Å². The third-order valence-corrected chi connectivity index (χ3v) is 5.66. The lowest BCUT2D eigenvalue weighted by Gasteiger charge is -2.33. The molecule has 0 bridgehead atoms. The van der Waals surface area contributed by atoms with Gasteiger partial charge in [-0.2, -0.15) is 0 Å². The van der Waals surface area contributed by atoms with Crippen LogP contribution in [0.4, 0.5) is 10.1 Å². The lowest BCUT2D eigenvalue weighted by atomic mass is 10.1.